The van der Waals surface area contributed by atoms with E-state index in [1.165, 1.54) is 18.3 Å². The molecule has 0 amide bonds. The van der Waals surface area contributed by atoms with E-state index in [2.05, 4.69) is 15.0 Å². The molecule has 4 aromatic rings. The van der Waals surface area contributed by atoms with Crippen molar-refractivity contribution in [2.45, 2.75) is 31.8 Å². The van der Waals surface area contributed by atoms with Gasteiger partial charge in [0.25, 0.3) is 0 Å². The van der Waals surface area contributed by atoms with Crippen molar-refractivity contribution in [1.82, 2.24) is 15.0 Å². The lowest BCUT2D eigenvalue weighted by Crippen LogP contribution is -2.28. The van der Waals surface area contributed by atoms with Crippen LogP contribution in [0.15, 0.2) is 48.7 Å². The fourth-order valence-electron chi connectivity index (χ4n) is 4.38. The average Bonchev–Trinajstić information content (AvgIpc) is 3.27. The number of ether oxygens (including phenoxy) is 1. The van der Waals surface area contributed by atoms with Gasteiger partial charge in [0.15, 0.2) is 0 Å². The number of carboxylic acid groups (broad SMARTS) is 1. The number of nitrogens with zero attached hydrogens (tertiary/aromatic N) is 3. The Balaban J connectivity index is 1.34. The van der Waals surface area contributed by atoms with E-state index in [-0.39, 0.29) is 23.4 Å². The second kappa shape index (κ2) is 9.14. The van der Waals surface area contributed by atoms with Crippen LogP contribution < -0.4 is 4.74 Å². The van der Waals surface area contributed by atoms with Crippen molar-refractivity contribution in [3.63, 3.8) is 0 Å². The summed E-state index contributed by atoms with van der Waals surface area (Å²) >= 11 is 0. The van der Waals surface area contributed by atoms with Gasteiger partial charge in [0, 0.05) is 17.8 Å². The summed E-state index contributed by atoms with van der Waals surface area (Å²) in [6.07, 6.45) is 3.78. The van der Waals surface area contributed by atoms with Crippen molar-refractivity contribution in [1.29, 1.82) is 5.26 Å². The van der Waals surface area contributed by atoms with E-state index >= 15 is 0 Å². The van der Waals surface area contributed by atoms with Gasteiger partial charge in [0.05, 0.1) is 34.1 Å². The van der Waals surface area contributed by atoms with E-state index < -0.39 is 17.6 Å². The minimum Gasteiger partial charge on any atom is -0.481 e. The number of pyridine rings is 1. The molecule has 0 atom stereocenters. The molecule has 7 nitrogen and oxygen atoms in total. The van der Waals surface area contributed by atoms with Crippen molar-refractivity contribution in [2.75, 3.05) is 0 Å². The number of aromatic nitrogens is 3. The lowest BCUT2D eigenvalue weighted by Gasteiger charge is -2.26. The van der Waals surface area contributed by atoms with Crippen LogP contribution in [-0.2, 0) is 4.79 Å². The molecule has 0 spiro atoms. The van der Waals surface area contributed by atoms with Gasteiger partial charge < -0.3 is 14.8 Å². The summed E-state index contributed by atoms with van der Waals surface area (Å²) in [4.78, 5) is 22.5. The number of hydrogen-bond donors (Lipinski definition) is 2. The van der Waals surface area contributed by atoms with E-state index in [0.717, 1.165) is 0 Å². The van der Waals surface area contributed by atoms with Gasteiger partial charge in [-0.05, 0) is 67.6 Å². The predicted octanol–water partition coefficient (Wildman–Crippen LogP) is 5.46. The molecule has 0 unspecified atom stereocenters. The van der Waals surface area contributed by atoms with Gasteiger partial charge >= 0.3 is 5.97 Å². The Hall–Kier alpha value is -4.32. The van der Waals surface area contributed by atoms with Crippen molar-refractivity contribution in [3.05, 3.63) is 65.9 Å². The van der Waals surface area contributed by atoms with Crippen molar-refractivity contribution in [2.24, 2.45) is 5.92 Å². The fraction of sp³-hybridized carbons (Fsp3) is 0.231. The third-order valence-corrected chi connectivity index (χ3v) is 6.27. The lowest BCUT2D eigenvalue weighted by molar-refractivity contribution is -0.143. The van der Waals surface area contributed by atoms with Gasteiger partial charge in [-0.2, -0.15) is 5.26 Å². The van der Waals surface area contributed by atoms with Crippen molar-refractivity contribution >= 4 is 17.0 Å². The molecule has 35 heavy (non-hydrogen) atoms. The molecule has 0 bridgehead atoms. The van der Waals surface area contributed by atoms with E-state index in [1.54, 1.807) is 30.3 Å². The minimum absolute atomic E-state index is 0.0381. The molecular weight excluding hydrogens is 454 g/mol. The summed E-state index contributed by atoms with van der Waals surface area (Å²) in [5.41, 5.74) is 1.96. The number of H-pyrrole nitrogens is 1. The van der Waals surface area contributed by atoms with Crippen LogP contribution in [0, 0.1) is 28.9 Å². The fourth-order valence-corrected chi connectivity index (χ4v) is 4.38. The standard InChI is InChI=1S/C26H20F2N4O3/c27-19-10-17(11-20(28)24(19)25-31-21-7-1-14(12-29)9-22(21)32-25)16-4-8-23(30-13-16)35-18-5-2-15(3-6-18)26(33)34/h1,4,7-11,13,15,18H,2-3,5-6H2,(H,31,32)(H,33,34)/t15-,18+. The number of hydrogen-bond acceptors (Lipinski definition) is 5. The van der Waals surface area contributed by atoms with E-state index in [4.69, 9.17) is 15.1 Å². The van der Waals surface area contributed by atoms with Crippen molar-refractivity contribution < 1.29 is 23.4 Å². The highest BCUT2D eigenvalue weighted by Crippen LogP contribution is 2.32. The molecule has 1 aliphatic carbocycles. The topological polar surface area (TPSA) is 112 Å². The smallest absolute Gasteiger partial charge is 0.306 e. The highest BCUT2D eigenvalue weighted by atomic mass is 19.1. The summed E-state index contributed by atoms with van der Waals surface area (Å²) in [5.74, 6) is -2.25. The minimum atomic E-state index is -0.782. The molecule has 1 aliphatic rings. The molecule has 2 heterocycles. The number of benzene rings is 2. The maximum Gasteiger partial charge on any atom is 0.306 e. The third kappa shape index (κ3) is 4.55. The van der Waals surface area contributed by atoms with Crippen LogP contribution in [0.3, 0.4) is 0 Å². The zero-order valence-corrected chi connectivity index (χ0v) is 18.5. The zero-order chi connectivity index (χ0) is 24.5. The van der Waals surface area contributed by atoms with Gasteiger partial charge in [0.2, 0.25) is 5.88 Å². The Kier molecular flexibility index (Phi) is 5.87. The maximum atomic E-state index is 15.0. The summed E-state index contributed by atoms with van der Waals surface area (Å²) < 4.78 is 35.8. The molecule has 0 aliphatic heterocycles. The second-order valence-electron chi connectivity index (χ2n) is 8.56. The monoisotopic (exact) mass is 474 g/mol. The number of carbonyl (C=O) groups is 1. The number of rotatable bonds is 5. The SMILES string of the molecule is N#Cc1ccc2[nH]c(-c3c(F)cc(-c4ccc(O[C@H]5CC[C@@H](C(=O)O)CC5)nc4)cc3F)nc2c1. The second-order valence-corrected chi connectivity index (χ2v) is 8.56. The maximum absolute atomic E-state index is 15.0. The molecular formula is C26H20F2N4O3. The Morgan fingerprint density at radius 1 is 1.06 bits per heavy atom. The highest BCUT2D eigenvalue weighted by Gasteiger charge is 2.27. The van der Waals surface area contributed by atoms with Gasteiger partial charge in [-0.3, -0.25) is 4.79 Å². The molecule has 2 aromatic heterocycles. The number of aromatic amines is 1. The normalized spacial score (nSPS) is 17.7. The van der Waals surface area contributed by atoms with Crippen LogP contribution in [-0.4, -0.2) is 32.1 Å². The van der Waals surface area contributed by atoms with E-state index in [9.17, 15) is 13.6 Å². The van der Waals surface area contributed by atoms with Gasteiger partial charge in [-0.15, -0.1) is 0 Å². The third-order valence-electron chi connectivity index (χ3n) is 6.27. The predicted molar refractivity (Wildman–Crippen MR) is 123 cm³/mol. The lowest BCUT2D eigenvalue weighted by atomic mass is 9.87. The quantitative estimate of drug-likeness (QED) is 0.397. The molecule has 9 heteroatoms. The Morgan fingerprint density at radius 2 is 1.80 bits per heavy atom. The molecule has 0 saturated heterocycles. The first-order valence-corrected chi connectivity index (χ1v) is 11.2. The van der Waals surface area contributed by atoms with Crippen LogP contribution in [0.2, 0.25) is 0 Å². The van der Waals surface area contributed by atoms with Crippen molar-refractivity contribution in [3.8, 4) is 34.5 Å². The van der Waals surface area contributed by atoms with Gasteiger partial charge in [-0.25, -0.2) is 18.7 Å². The number of carboxylic acids is 1. The van der Waals surface area contributed by atoms with Crippen LogP contribution >= 0.6 is 0 Å². The zero-order valence-electron chi connectivity index (χ0n) is 18.5. The average molecular weight is 474 g/mol. The van der Waals surface area contributed by atoms with Gasteiger partial charge in [0.1, 0.15) is 23.6 Å². The van der Waals surface area contributed by atoms with E-state index in [1.807, 2.05) is 6.07 Å². The number of halogens is 2. The Morgan fingerprint density at radius 3 is 2.43 bits per heavy atom. The van der Waals surface area contributed by atoms with Crippen LogP contribution in [0.25, 0.3) is 33.5 Å². The molecule has 0 radical (unpaired) electrons. The number of nitriles is 1. The summed E-state index contributed by atoms with van der Waals surface area (Å²) in [6, 6.07) is 12.5. The Bertz CT molecular complexity index is 1430. The first-order valence-electron chi connectivity index (χ1n) is 11.2. The number of aliphatic carboxylic acids is 1. The number of imidazole rings is 1. The summed E-state index contributed by atoms with van der Waals surface area (Å²) in [5, 5.41) is 18.1. The number of nitrogens with one attached hydrogen (secondary N) is 1. The molecule has 1 saturated carbocycles. The number of fused-ring (bicyclic) bond motifs is 1. The molecule has 1 fully saturated rings. The highest BCUT2D eigenvalue weighted by molar-refractivity contribution is 5.81. The van der Waals surface area contributed by atoms with Crippen LogP contribution in [0.1, 0.15) is 31.2 Å². The van der Waals surface area contributed by atoms with Crippen LogP contribution in [0.4, 0.5) is 8.78 Å². The summed E-state index contributed by atoms with van der Waals surface area (Å²) in [7, 11) is 0. The largest absolute Gasteiger partial charge is 0.481 e. The first-order chi connectivity index (χ1) is 16.9. The molecule has 5 rings (SSSR count). The molecule has 176 valence electrons. The Labute approximate surface area is 199 Å². The molecule has 2 aromatic carbocycles. The van der Waals surface area contributed by atoms with E-state index in [0.29, 0.717) is 59.3 Å². The molecule has 2 N–H and O–H groups in total. The summed E-state index contributed by atoms with van der Waals surface area (Å²) in [6.45, 7) is 0. The van der Waals surface area contributed by atoms with Crippen LogP contribution in [0.5, 0.6) is 5.88 Å². The first kappa shape index (κ1) is 22.5. The van der Waals surface area contributed by atoms with Gasteiger partial charge in [-0.1, -0.05) is 0 Å².